The number of amides is 1. The summed E-state index contributed by atoms with van der Waals surface area (Å²) in [5.41, 5.74) is 0.465. The van der Waals surface area contributed by atoms with Crippen molar-refractivity contribution in [2.45, 2.75) is 44.6 Å². The Morgan fingerprint density at radius 2 is 1.90 bits per heavy atom. The van der Waals surface area contributed by atoms with E-state index in [1.807, 2.05) is 0 Å². The minimum atomic E-state index is -3.54. The first-order chi connectivity index (χ1) is 14.3. The SMILES string of the molecule is CCN(CC)S(=O)(=O)c1ccc(C(=O)N2CCCC(Oc3ccnc(C)n3)C2)cc1. The molecule has 9 heteroatoms. The molecule has 1 fully saturated rings. The van der Waals surface area contributed by atoms with Gasteiger partial charge in [-0.2, -0.15) is 9.29 Å². The first-order valence-electron chi connectivity index (χ1n) is 10.2. The summed E-state index contributed by atoms with van der Waals surface area (Å²) in [6.07, 6.45) is 3.18. The minimum absolute atomic E-state index is 0.131. The summed E-state index contributed by atoms with van der Waals surface area (Å²) in [7, 11) is -3.54. The van der Waals surface area contributed by atoms with Crippen LogP contribution in [0.15, 0.2) is 41.4 Å². The Balaban J connectivity index is 1.68. The summed E-state index contributed by atoms with van der Waals surface area (Å²) in [6.45, 7) is 7.31. The zero-order valence-electron chi connectivity index (χ0n) is 17.6. The van der Waals surface area contributed by atoms with Gasteiger partial charge in [-0.25, -0.2) is 13.4 Å². The van der Waals surface area contributed by atoms with Crippen molar-refractivity contribution < 1.29 is 17.9 Å². The number of rotatable bonds is 7. The first-order valence-corrected chi connectivity index (χ1v) is 11.6. The smallest absolute Gasteiger partial charge is 0.253 e. The molecule has 1 aromatic heterocycles. The Kier molecular flexibility index (Phi) is 7.04. The van der Waals surface area contributed by atoms with Gasteiger partial charge < -0.3 is 9.64 Å². The lowest BCUT2D eigenvalue weighted by Gasteiger charge is -2.32. The third-order valence-electron chi connectivity index (χ3n) is 5.15. The molecule has 1 amide bonds. The van der Waals surface area contributed by atoms with Gasteiger partial charge in [-0.05, 0) is 44.0 Å². The molecule has 1 unspecified atom stereocenters. The van der Waals surface area contributed by atoms with E-state index in [1.165, 1.54) is 16.4 Å². The number of likely N-dealkylation sites (tertiary alicyclic amines) is 1. The summed E-state index contributed by atoms with van der Waals surface area (Å²) in [5, 5.41) is 0. The number of aromatic nitrogens is 2. The largest absolute Gasteiger partial charge is 0.472 e. The first kappa shape index (κ1) is 22.2. The number of nitrogens with zero attached hydrogens (tertiary/aromatic N) is 4. The average molecular weight is 433 g/mol. The molecule has 1 aromatic carbocycles. The summed E-state index contributed by atoms with van der Waals surface area (Å²) in [4.78, 5) is 23.2. The van der Waals surface area contributed by atoms with Gasteiger partial charge in [0.05, 0.1) is 11.4 Å². The normalized spacial score (nSPS) is 17.2. The molecule has 2 heterocycles. The minimum Gasteiger partial charge on any atom is -0.472 e. The quantitative estimate of drug-likeness (QED) is 0.667. The number of carbonyl (C=O) groups excluding carboxylic acids is 1. The van der Waals surface area contributed by atoms with Crippen molar-refractivity contribution in [3.05, 3.63) is 47.9 Å². The molecular formula is C21H28N4O4S. The number of aryl methyl sites for hydroxylation is 1. The fourth-order valence-corrected chi connectivity index (χ4v) is 5.01. The van der Waals surface area contributed by atoms with E-state index in [0.29, 0.717) is 43.4 Å². The monoisotopic (exact) mass is 432 g/mol. The zero-order valence-corrected chi connectivity index (χ0v) is 18.4. The molecule has 0 aliphatic carbocycles. The van der Waals surface area contributed by atoms with E-state index in [1.54, 1.807) is 50.1 Å². The second-order valence-electron chi connectivity index (χ2n) is 7.19. The van der Waals surface area contributed by atoms with Crippen molar-refractivity contribution in [2.75, 3.05) is 26.2 Å². The highest BCUT2D eigenvalue weighted by Gasteiger charge is 2.27. The van der Waals surface area contributed by atoms with Crippen LogP contribution in [0.4, 0.5) is 0 Å². The summed E-state index contributed by atoms with van der Waals surface area (Å²) < 4.78 is 32.6. The van der Waals surface area contributed by atoms with Crippen LogP contribution in [0.2, 0.25) is 0 Å². The molecule has 0 spiro atoms. The van der Waals surface area contributed by atoms with E-state index in [-0.39, 0.29) is 16.9 Å². The van der Waals surface area contributed by atoms with Crippen LogP contribution in [-0.4, -0.2) is 65.8 Å². The molecule has 1 atom stereocenters. The Morgan fingerprint density at radius 3 is 2.53 bits per heavy atom. The molecule has 0 saturated carbocycles. The van der Waals surface area contributed by atoms with Gasteiger partial charge in [-0.15, -0.1) is 0 Å². The zero-order chi connectivity index (χ0) is 21.7. The maximum absolute atomic E-state index is 12.9. The molecule has 0 radical (unpaired) electrons. The topological polar surface area (TPSA) is 92.7 Å². The highest BCUT2D eigenvalue weighted by molar-refractivity contribution is 7.89. The maximum Gasteiger partial charge on any atom is 0.253 e. The lowest BCUT2D eigenvalue weighted by atomic mass is 10.1. The van der Waals surface area contributed by atoms with Crippen molar-refractivity contribution in [3.63, 3.8) is 0 Å². The van der Waals surface area contributed by atoms with E-state index in [0.717, 1.165) is 12.8 Å². The molecule has 1 aliphatic rings. The molecule has 8 nitrogen and oxygen atoms in total. The lowest BCUT2D eigenvalue weighted by Crippen LogP contribution is -2.44. The van der Waals surface area contributed by atoms with Gasteiger partial charge in [0, 0.05) is 37.5 Å². The Hall–Kier alpha value is -2.52. The molecule has 0 N–H and O–H groups in total. The van der Waals surface area contributed by atoms with Gasteiger partial charge in [-0.3, -0.25) is 4.79 Å². The van der Waals surface area contributed by atoms with Gasteiger partial charge in [0.15, 0.2) is 0 Å². The van der Waals surface area contributed by atoms with Crippen LogP contribution in [0.3, 0.4) is 0 Å². The Morgan fingerprint density at radius 1 is 1.20 bits per heavy atom. The van der Waals surface area contributed by atoms with Crippen LogP contribution in [0.1, 0.15) is 42.9 Å². The van der Waals surface area contributed by atoms with Crippen molar-refractivity contribution in [1.29, 1.82) is 0 Å². The summed E-state index contributed by atoms with van der Waals surface area (Å²) >= 11 is 0. The van der Waals surface area contributed by atoms with Crippen LogP contribution < -0.4 is 4.74 Å². The summed E-state index contributed by atoms with van der Waals surface area (Å²) in [6, 6.07) is 7.88. The van der Waals surface area contributed by atoms with Crippen molar-refractivity contribution in [2.24, 2.45) is 0 Å². The van der Waals surface area contributed by atoms with Gasteiger partial charge in [0.2, 0.25) is 15.9 Å². The van der Waals surface area contributed by atoms with E-state index >= 15 is 0 Å². The van der Waals surface area contributed by atoms with Crippen LogP contribution in [0.25, 0.3) is 0 Å². The van der Waals surface area contributed by atoms with Crippen molar-refractivity contribution in [3.8, 4) is 5.88 Å². The van der Waals surface area contributed by atoms with Gasteiger partial charge >= 0.3 is 0 Å². The van der Waals surface area contributed by atoms with Gasteiger partial charge in [0.1, 0.15) is 11.9 Å². The standard InChI is InChI=1S/C21H28N4O4S/c1-4-25(5-2)30(27,28)19-10-8-17(9-11-19)21(26)24-14-6-7-18(15-24)29-20-12-13-22-16(3)23-20/h8-13,18H,4-7,14-15H2,1-3H3. The van der Waals surface area contributed by atoms with Crippen molar-refractivity contribution in [1.82, 2.24) is 19.2 Å². The van der Waals surface area contributed by atoms with Gasteiger partial charge in [-0.1, -0.05) is 13.8 Å². The number of sulfonamides is 1. The molecule has 1 saturated heterocycles. The molecule has 2 aromatic rings. The van der Waals surface area contributed by atoms with Gasteiger partial charge in [0.25, 0.3) is 5.91 Å². The van der Waals surface area contributed by atoms with E-state index in [4.69, 9.17) is 4.74 Å². The number of hydrogen-bond donors (Lipinski definition) is 0. The van der Waals surface area contributed by atoms with E-state index in [2.05, 4.69) is 9.97 Å². The highest BCUT2D eigenvalue weighted by Crippen LogP contribution is 2.20. The highest BCUT2D eigenvalue weighted by atomic mass is 32.2. The predicted molar refractivity (Wildman–Crippen MR) is 113 cm³/mol. The number of benzene rings is 1. The average Bonchev–Trinajstić information content (AvgIpc) is 2.74. The fraction of sp³-hybridized carbons (Fsp3) is 0.476. The predicted octanol–water partition coefficient (Wildman–Crippen LogP) is 2.50. The van der Waals surface area contributed by atoms with Crippen LogP contribution in [0, 0.1) is 6.92 Å². The number of carbonyl (C=O) groups is 1. The number of ether oxygens (including phenoxy) is 1. The molecule has 3 rings (SSSR count). The molecule has 0 bridgehead atoms. The fourth-order valence-electron chi connectivity index (χ4n) is 3.55. The molecule has 162 valence electrons. The Bertz CT molecular complexity index is 975. The third kappa shape index (κ3) is 4.96. The van der Waals surface area contributed by atoms with Crippen LogP contribution in [-0.2, 0) is 10.0 Å². The van der Waals surface area contributed by atoms with Crippen LogP contribution >= 0.6 is 0 Å². The van der Waals surface area contributed by atoms with Crippen molar-refractivity contribution >= 4 is 15.9 Å². The second-order valence-corrected chi connectivity index (χ2v) is 9.13. The third-order valence-corrected chi connectivity index (χ3v) is 7.21. The molecular weight excluding hydrogens is 404 g/mol. The summed E-state index contributed by atoms with van der Waals surface area (Å²) in [5.74, 6) is 1.01. The molecule has 1 aliphatic heterocycles. The number of hydrogen-bond acceptors (Lipinski definition) is 6. The molecule has 30 heavy (non-hydrogen) atoms. The lowest BCUT2D eigenvalue weighted by molar-refractivity contribution is 0.0527. The van der Waals surface area contributed by atoms with E-state index in [9.17, 15) is 13.2 Å². The maximum atomic E-state index is 12.9. The Labute approximate surface area is 177 Å². The number of piperidine rings is 1. The van der Waals surface area contributed by atoms with Crippen LogP contribution in [0.5, 0.6) is 5.88 Å². The second kappa shape index (κ2) is 9.53. The van der Waals surface area contributed by atoms with E-state index < -0.39 is 10.0 Å².